The highest BCUT2D eigenvalue weighted by atomic mass is 32.1. The van der Waals surface area contributed by atoms with Crippen molar-refractivity contribution in [3.05, 3.63) is 40.1 Å². The molecule has 5 nitrogen and oxygen atoms in total. The van der Waals surface area contributed by atoms with Gasteiger partial charge in [-0.15, -0.1) is 11.3 Å². The van der Waals surface area contributed by atoms with Crippen LogP contribution in [0.25, 0.3) is 0 Å². The van der Waals surface area contributed by atoms with E-state index < -0.39 is 0 Å². The molecule has 114 valence electrons. The predicted octanol–water partition coefficient (Wildman–Crippen LogP) is 3.63. The molecule has 1 N–H and O–H groups in total. The van der Waals surface area contributed by atoms with E-state index in [1.54, 1.807) is 17.4 Å². The molecular weight excluding hydrogens is 300 g/mol. The molecule has 2 amide bonds. The Morgan fingerprint density at radius 2 is 2.18 bits per heavy atom. The Morgan fingerprint density at radius 1 is 1.32 bits per heavy atom. The van der Waals surface area contributed by atoms with Crippen molar-refractivity contribution < 1.29 is 14.3 Å². The van der Waals surface area contributed by atoms with Crippen LogP contribution in [0.3, 0.4) is 0 Å². The highest BCUT2D eigenvalue weighted by Crippen LogP contribution is 2.35. The van der Waals surface area contributed by atoms with Crippen molar-refractivity contribution in [3.8, 4) is 11.5 Å². The van der Waals surface area contributed by atoms with Crippen LogP contribution in [0.4, 0.5) is 10.5 Å². The fraction of sp³-hybridized carbons (Fsp3) is 0.312. The molecule has 1 aromatic heterocycles. The zero-order valence-corrected chi connectivity index (χ0v) is 13.0. The lowest BCUT2D eigenvalue weighted by molar-refractivity contribution is 0.174. The van der Waals surface area contributed by atoms with Crippen molar-refractivity contribution in [3.63, 3.8) is 0 Å². The SMILES string of the molecule is C[C@H]1c2ccsc2CCN1C(=O)Nc1ccc2c(c1)OCO2. The molecule has 0 fully saturated rings. The van der Waals surface area contributed by atoms with Gasteiger partial charge in [-0.25, -0.2) is 4.79 Å². The zero-order chi connectivity index (χ0) is 15.1. The third kappa shape index (κ3) is 2.20. The second kappa shape index (κ2) is 5.21. The van der Waals surface area contributed by atoms with E-state index in [9.17, 15) is 4.79 Å². The number of rotatable bonds is 1. The number of thiophene rings is 1. The van der Waals surface area contributed by atoms with E-state index in [0.717, 1.165) is 18.7 Å². The van der Waals surface area contributed by atoms with E-state index in [1.165, 1.54) is 10.4 Å². The fourth-order valence-electron chi connectivity index (χ4n) is 2.96. The molecule has 6 heteroatoms. The topological polar surface area (TPSA) is 50.8 Å². The summed E-state index contributed by atoms with van der Waals surface area (Å²) >= 11 is 1.77. The van der Waals surface area contributed by atoms with Gasteiger partial charge in [0.1, 0.15) is 0 Å². The van der Waals surface area contributed by atoms with Crippen LogP contribution in [0.5, 0.6) is 11.5 Å². The highest BCUT2D eigenvalue weighted by Gasteiger charge is 2.28. The number of nitrogens with one attached hydrogen (secondary N) is 1. The summed E-state index contributed by atoms with van der Waals surface area (Å²) < 4.78 is 10.6. The Balaban J connectivity index is 1.51. The molecule has 4 rings (SSSR count). The van der Waals surface area contributed by atoms with Gasteiger partial charge in [-0.1, -0.05) is 0 Å². The highest BCUT2D eigenvalue weighted by molar-refractivity contribution is 7.10. The van der Waals surface area contributed by atoms with Crippen molar-refractivity contribution in [1.29, 1.82) is 0 Å². The molecule has 0 bridgehead atoms. The molecule has 3 heterocycles. The minimum atomic E-state index is -0.0804. The third-order valence-electron chi connectivity index (χ3n) is 4.16. The van der Waals surface area contributed by atoms with Gasteiger partial charge < -0.3 is 19.7 Å². The molecular formula is C16H16N2O3S. The molecule has 0 aliphatic carbocycles. The molecule has 2 aliphatic heterocycles. The number of hydrogen-bond acceptors (Lipinski definition) is 4. The number of nitrogens with zero attached hydrogens (tertiary/aromatic N) is 1. The Kier molecular flexibility index (Phi) is 3.18. The minimum Gasteiger partial charge on any atom is -0.454 e. The van der Waals surface area contributed by atoms with E-state index in [2.05, 4.69) is 23.7 Å². The van der Waals surface area contributed by atoms with Gasteiger partial charge in [-0.05, 0) is 42.5 Å². The van der Waals surface area contributed by atoms with Crippen molar-refractivity contribution in [2.45, 2.75) is 19.4 Å². The molecule has 0 radical (unpaired) electrons. The second-order valence-electron chi connectivity index (χ2n) is 5.42. The van der Waals surface area contributed by atoms with E-state index in [1.807, 2.05) is 17.0 Å². The molecule has 2 aliphatic rings. The fourth-order valence-corrected chi connectivity index (χ4v) is 3.92. The Hall–Kier alpha value is -2.21. The number of hydrogen-bond donors (Lipinski definition) is 1. The largest absolute Gasteiger partial charge is 0.454 e. The maximum atomic E-state index is 12.6. The maximum Gasteiger partial charge on any atom is 0.322 e. The number of carbonyl (C=O) groups excluding carboxylic acids is 1. The van der Waals surface area contributed by atoms with Crippen LogP contribution in [-0.2, 0) is 6.42 Å². The summed E-state index contributed by atoms with van der Waals surface area (Å²) in [5, 5.41) is 5.05. The van der Waals surface area contributed by atoms with Crippen LogP contribution in [0.1, 0.15) is 23.4 Å². The standard InChI is InChI=1S/C16H16N2O3S/c1-10-12-5-7-22-15(12)4-6-18(10)16(19)17-11-2-3-13-14(8-11)21-9-20-13/h2-3,5,7-8,10H,4,6,9H2,1H3,(H,17,19)/t10-/m0/s1. The molecule has 0 spiro atoms. The van der Waals surface area contributed by atoms with Crippen LogP contribution in [0.15, 0.2) is 29.6 Å². The lowest BCUT2D eigenvalue weighted by Gasteiger charge is -2.33. The normalized spacial score (nSPS) is 19.0. The summed E-state index contributed by atoms with van der Waals surface area (Å²) in [7, 11) is 0. The number of fused-ring (bicyclic) bond motifs is 2. The van der Waals surface area contributed by atoms with Crippen LogP contribution in [0.2, 0.25) is 0 Å². The van der Waals surface area contributed by atoms with E-state index in [4.69, 9.17) is 9.47 Å². The van der Waals surface area contributed by atoms with Gasteiger partial charge in [0.25, 0.3) is 0 Å². The quantitative estimate of drug-likeness (QED) is 0.874. The van der Waals surface area contributed by atoms with Gasteiger partial charge in [0.2, 0.25) is 6.79 Å². The van der Waals surface area contributed by atoms with E-state index >= 15 is 0 Å². The Labute approximate surface area is 132 Å². The average molecular weight is 316 g/mol. The number of benzene rings is 1. The number of ether oxygens (including phenoxy) is 2. The van der Waals surface area contributed by atoms with Crippen LogP contribution < -0.4 is 14.8 Å². The lowest BCUT2D eigenvalue weighted by Crippen LogP contribution is -2.40. The smallest absolute Gasteiger partial charge is 0.322 e. The number of carbonyl (C=O) groups is 1. The summed E-state index contributed by atoms with van der Waals surface area (Å²) in [6.07, 6.45) is 0.923. The van der Waals surface area contributed by atoms with Crippen molar-refractivity contribution in [2.75, 3.05) is 18.7 Å². The Bertz CT molecular complexity index is 728. The molecule has 1 aromatic carbocycles. The van der Waals surface area contributed by atoms with Crippen LogP contribution in [0, 0.1) is 0 Å². The van der Waals surface area contributed by atoms with E-state index in [-0.39, 0.29) is 18.9 Å². The average Bonchev–Trinajstić information content (AvgIpc) is 3.15. The van der Waals surface area contributed by atoms with Crippen molar-refractivity contribution >= 4 is 23.1 Å². The van der Waals surface area contributed by atoms with Gasteiger partial charge in [0.15, 0.2) is 11.5 Å². The monoisotopic (exact) mass is 316 g/mol. The number of amides is 2. The van der Waals surface area contributed by atoms with Crippen molar-refractivity contribution in [1.82, 2.24) is 4.90 Å². The van der Waals surface area contributed by atoms with Crippen molar-refractivity contribution in [2.24, 2.45) is 0 Å². The summed E-state index contributed by atoms with van der Waals surface area (Å²) in [5.74, 6) is 1.39. The van der Waals surface area contributed by atoms with Crippen LogP contribution in [-0.4, -0.2) is 24.3 Å². The first-order valence-corrected chi connectivity index (χ1v) is 8.14. The van der Waals surface area contributed by atoms with Gasteiger partial charge in [0.05, 0.1) is 6.04 Å². The zero-order valence-electron chi connectivity index (χ0n) is 12.2. The lowest BCUT2D eigenvalue weighted by atomic mass is 10.0. The second-order valence-corrected chi connectivity index (χ2v) is 6.42. The summed E-state index contributed by atoms with van der Waals surface area (Å²) in [6, 6.07) is 7.58. The van der Waals surface area contributed by atoms with Crippen LogP contribution >= 0.6 is 11.3 Å². The molecule has 0 saturated carbocycles. The first-order chi connectivity index (χ1) is 10.7. The van der Waals surface area contributed by atoms with Gasteiger partial charge in [-0.2, -0.15) is 0 Å². The molecule has 2 aromatic rings. The van der Waals surface area contributed by atoms with Gasteiger partial charge in [0, 0.05) is 23.2 Å². The Morgan fingerprint density at radius 3 is 3.09 bits per heavy atom. The summed E-state index contributed by atoms with van der Waals surface area (Å²) in [6.45, 7) is 3.05. The summed E-state index contributed by atoms with van der Waals surface area (Å²) in [4.78, 5) is 15.8. The maximum absolute atomic E-state index is 12.6. The summed E-state index contributed by atoms with van der Waals surface area (Å²) in [5.41, 5.74) is 1.98. The molecule has 0 unspecified atom stereocenters. The first-order valence-electron chi connectivity index (χ1n) is 7.26. The third-order valence-corrected chi connectivity index (χ3v) is 5.16. The van der Waals surface area contributed by atoms with Gasteiger partial charge >= 0.3 is 6.03 Å². The van der Waals surface area contributed by atoms with E-state index in [0.29, 0.717) is 11.5 Å². The number of urea groups is 1. The molecule has 0 saturated heterocycles. The predicted molar refractivity (Wildman–Crippen MR) is 84.7 cm³/mol. The number of anilines is 1. The van der Waals surface area contributed by atoms with Gasteiger partial charge in [-0.3, -0.25) is 0 Å². The minimum absolute atomic E-state index is 0.0804. The molecule has 22 heavy (non-hydrogen) atoms. The molecule has 1 atom stereocenters. The first kappa shape index (κ1) is 13.5.